The van der Waals surface area contributed by atoms with E-state index < -0.39 is 0 Å². The highest BCUT2D eigenvalue weighted by Crippen LogP contribution is 2.38. The van der Waals surface area contributed by atoms with Crippen LogP contribution in [0.1, 0.15) is 43.0 Å². The quantitative estimate of drug-likeness (QED) is 0.774. The molecule has 1 aromatic rings. The first-order chi connectivity index (χ1) is 7.21. The Bertz CT molecular complexity index is 419. The Balaban J connectivity index is 3.69. The fourth-order valence-corrected chi connectivity index (χ4v) is 3.00. The molecule has 0 heterocycles. The van der Waals surface area contributed by atoms with E-state index in [1.165, 1.54) is 11.1 Å². The van der Waals surface area contributed by atoms with Crippen molar-refractivity contribution in [1.82, 2.24) is 0 Å². The van der Waals surface area contributed by atoms with Crippen LogP contribution in [0.2, 0.25) is 0 Å². The molecule has 3 heteroatoms. The normalized spacial score (nSPS) is 11.9. The number of aromatic hydroxyl groups is 1. The largest absolute Gasteiger partial charge is 0.506 e. The molecule has 0 aliphatic heterocycles. The standard InChI is InChI=1S/C13H20INO/c1-7-9(6-15)12(16)11(14)8(2)10(7)13(3,4)5/h16H,6,15H2,1-5H3. The SMILES string of the molecule is Cc1c(I)c(O)c(CN)c(C)c1C(C)(C)C. The molecule has 0 saturated carbocycles. The lowest BCUT2D eigenvalue weighted by Gasteiger charge is -2.27. The lowest BCUT2D eigenvalue weighted by molar-refractivity contribution is 0.460. The summed E-state index contributed by atoms with van der Waals surface area (Å²) in [5, 5.41) is 10.1. The molecule has 0 saturated heterocycles. The highest BCUT2D eigenvalue weighted by molar-refractivity contribution is 14.1. The van der Waals surface area contributed by atoms with Crippen molar-refractivity contribution in [3.8, 4) is 5.75 Å². The second-order valence-corrected chi connectivity index (χ2v) is 6.30. The molecule has 1 aromatic carbocycles. The van der Waals surface area contributed by atoms with Crippen LogP contribution >= 0.6 is 22.6 Å². The Morgan fingerprint density at radius 1 is 1.19 bits per heavy atom. The fourth-order valence-electron chi connectivity index (χ4n) is 2.40. The average molecular weight is 333 g/mol. The van der Waals surface area contributed by atoms with Crippen LogP contribution in [0.5, 0.6) is 5.75 Å². The first kappa shape index (κ1) is 13.8. The molecule has 0 aliphatic rings. The van der Waals surface area contributed by atoms with Crippen molar-refractivity contribution in [2.75, 3.05) is 0 Å². The molecule has 0 aliphatic carbocycles. The number of rotatable bonds is 1. The fraction of sp³-hybridized carbons (Fsp3) is 0.538. The van der Waals surface area contributed by atoms with Crippen molar-refractivity contribution >= 4 is 22.6 Å². The second-order valence-electron chi connectivity index (χ2n) is 5.22. The predicted molar refractivity (Wildman–Crippen MR) is 76.9 cm³/mol. The van der Waals surface area contributed by atoms with Gasteiger partial charge in [0.05, 0.1) is 3.57 Å². The number of phenols is 1. The minimum absolute atomic E-state index is 0.0751. The average Bonchev–Trinajstić information content (AvgIpc) is 2.13. The minimum atomic E-state index is 0.0751. The maximum Gasteiger partial charge on any atom is 0.133 e. The second kappa shape index (κ2) is 4.53. The molecule has 1 rings (SSSR count). The number of nitrogens with two attached hydrogens (primary N) is 1. The first-order valence-electron chi connectivity index (χ1n) is 5.42. The summed E-state index contributed by atoms with van der Waals surface area (Å²) in [5.41, 5.74) is 10.3. The van der Waals surface area contributed by atoms with Crippen LogP contribution in [0.25, 0.3) is 0 Å². The Labute approximate surface area is 111 Å². The minimum Gasteiger partial charge on any atom is -0.506 e. The summed E-state index contributed by atoms with van der Waals surface area (Å²) in [6.07, 6.45) is 0. The molecule has 0 spiro atoms. The van der Waals surface area contributed by atoms with Gasteiger partial charge >= 0.3 is 0 Å². The maximum absolute atomic E-state index is 10.1. The summed E-state index contributed by atoms with van der Waals surface area (Å²) in [7, 11) is 0. The molecule has 3 N–H and O–H groups in total. The summed E-state index contributed by atoms with van der Waals surface area (Å²) < 4.78 is 0.925. The van der Waals surface area contributed by atoms with Gasteiger partial charge in [-0.3, -0.25) is 0 Å². The number of hydrogen-bond donors (Lipinski definition) is 2. The third kappa shape index (κ3) is 2.20. The van der Waals surface area contributed by atoms with E-state index >= 15 is 0 Å². The highest BCUT2D eigenvalue weighted by atomic mass is 127. The first-order valence-corrected chi connectivity index (χ1v) is 6.50. The van der Waals surface area contributed by atoms with Gasteiger partial charge in [0.1, 0.15) is 5.75 Å². The summed E-state index contributed by atoms with van der Waals surface area (Å²) >= 11 is 2.19. The topological polar surface area (TPSA) is 46.2 Å². The van der Waals surface area contributed by atoms with Crippen LogP contribution in [0.15, 0.2) is 0 Å². The van der Waals surface area contributed by atoms with Crippen LogP contribution in [0.3, 0.4) is 0 Å². The zero-order valence-corrected chi connectivity index (χ0v) is 12.8. The molecule has 90 valence electrons. The van der Waals surface area contributed by atoms with Crippen LogP contribution in [0, 0.1) is 17.4 Å². The predicted octanol–water partition coefficient (Wildman–Crippen LogP) is 3.37. The molecule has 0 bridgehead atoms. The van der Waals surface area contributed by atoms with Crippen molar-refractivity contribution in [2.45, 2.75) is 46.6 Å². The monoisotopic (exact) mass is 333 g/mol. The molecule has 0 aromatic heterocycles. The molecule has 0 radical (unpaired) electrons. The third-order valence-electron chi connectivity index (χ3n) is 2.98. The van der Waals surface area contributed by atoms with Gasteiger partial charge in [0.25, 0.3) is 0 Å². The van der Waals surface area contributed by atoms with Gasteiger partial charge in [0, 0.05) is 12.1 Å². The molecular weight excluding hydrogens is 313 g/mol. The number of hydrogen-bond acceptors (Lipinski definition) is 2. The Hall–Kier alpha value is -0.290. The number of phenolic OH excluding ortho intramolecular Hbond substituents is 1. The van der Waals surface area contributed by atoms with Crippen molar-refractivity contribution in [1.29, 1.82) is 0 Å². The van der Waals surface area contributed by atoms with Crippen molar-refractivity contribution < 1.29 is 5.11 Å². The van der Waals surface area contributed by atoms with Crippen LogP contribution in [0.4, 0.5) is 0 Å². The van der Waals surface area contributed by atoms with Gasteiger partial charge in [-0.15, -0.1) is 0 Å². The van der Waals surface area contributed by atoms with Gasteiger partial charge in [-0.05, 0) is 58.5 Å². The molecule has 2 nitrogen and oxygen atoms in total. The Kier molecular flexibility index (Phi) is 3.90. The van der Waals surface area contributed by atoms with Gasteiger partial charge in [0.15, 0.2) is 0 Å². The number of halogens is 1. The zero-order valence-electron chi connectivity index (χ0n) is 10.6. The van der Waals surface area contributed by atoms with Crippen LogP contribution < -0.4 is 5.73 Å². The summed E-state index contributed by atoms with van der Waals surface area (Å²) in [5.74, 6) is 0.353. The summed E-state index contributed by atoms with van der Waals surface area (Å²) in [6, 6.07) is 0. The number of benzene rings is 1. The Morgan fingerprint density at radius 2 is 1.69 bits per heavy atom. The van der Waals surface area contributed by atoms with E-state index in [-0.39, 0.29) is 5.41 Å². The van der Waals surface area contributed by atoms with Crippen molar-refractivity contribution in [2.24, 2.45) is 5.73 Å². The van der Waals surface area contributed by atoms with E-state index in [1.807, 2.05) is 6.92 Å². The highest BCUT2D eigenvalue weighted by Gasteiger charge is 2.24. The van der Waals surface area contributed by atoms with Gasteiger partial charge in [-0.2, -0.15) is 0 Å². The lowest BCUT2D eigenvalue weighted by atomic mass is 9.79. The van der Waals surface area contributed by atoms with Gasteiger partial charge in [-0.1, -0.05) is 20.8 Å². The van der Waals surface area contributed by atoms with Crippen molar-refractivity contribution in [3.05, 3.63) is 25.8 Å². The van der Waals surface area contributed by atoms with E-state index in [1.54, 1.807) is 0 Å². The molecule has 0 amide bonds. The zero-order chi connectivity index (χ0) is 12.7. The smallest absolute Gasteiger partial charge is 0.133 e. The lowest BCUT2D eigenvalue weighted by Crippen LogP contribution is -2.18. The van der Waals surface area contributed by atoms with E-state index in [0.29, 0.717) is 12.3 Å². The van der Waals surface area contributed by atoms with Crippen LogP contribution in [-0.4, -0.2) is 5.11 Å². The van der Waals surface area contributed by atoms with Crippen LogP contribution in [-0.2, 0) is 12.0 Å². The molecule has 0 fully saturated rings. The molecule has 0 atom stereocenters. The third-order valence-corrected chi connectivity index (χ3v) is 4.30. The molecular formula is C13H20INO. The van der Waals surface area contributed by atoms with E-state index in [4.69, 9.17) is 5.73 Å². The van der Waals surface area contributed by atoms with Gasteiger partial charge in [-0.25, -0.2) is 0 Å². The van der Waals surface area contributed by atoms with E-state index in [0.717, 1.165) is 14.7 Å². The van der Waals surface area contributed by atoms with Gasteiger partial charge < -0.3 is 10.8 Å². The Morgan fingerprint density at radius 3 is 2.06 bits per heavy atom. The molecule has 16 heavy (non-hydrogen) atoms. The van der Waals surface area contributed by atoms with Gasteiger partial charge in [0.2, 0.25) is 0 Å². The van der Waals surface area contributed by atoms with E-state index in [2.05, 4.69) is 50.3 Å². The maximum atomic E-state index is 10.1. The molecule has 0 unspecified atom stereocenters. The summed E-state index contributed by atoms with van der Waals surface area (Å²) in [6.45, 7) is 11.1. The van der Waals surface area contributed by atoms with Crippen molar-refractivity contribution in [3.63, 3.8) is 0 Å². The van der Waals surface area contributed by atoms with E-state index in [9.17, 15) is 5.11 Å². The summed E-state index contributed by atoms with van der Waals surface area (Å²) in [4.78, 5) is 0.